The topological polar surface area (TPSA) is 72.7 Å². The first-order valence-electron chi connectivity index (χ1n) is 6.92. The van der Waals surface area contributed by atoms with Crippen LogP contribution in [-0.4, -0.2) is 25.4 Å². The molecule has 0 unspecified atom stereocenters. The molecule has 2 heterocycles. The van der Waals surface area contributed by atoms with Gasteiger partial charge in [0, 0.05) is 16.6 Å². The Kier molecular flexibility index (Phi) is 4.19. The molecule has 2 aromatic heterocycles. The van der Waals surface area contributed by atoms with Crippen molar-refractivity contribution >= 4 is 46.2 Å². The number of imidazole rings is 1. The van der Waals surface area contributed by atoms with Crippen LogP contribution in [0.1, 0.15) is 30.2 Å². The molecule has 0 radical (unpaired) electrons. The van der Waals surface area contributed by atoms with E-state index in [1.807, 2.05) is 18.4 Å². The van der Waals surface area contributed by atoms with Gasteiger partial charge in [-0.25, -0.2) is 4.98 Å². The first-order valence-corrected chi connectivity index (χ1v) is 7.68. The fourth-order valence-electron chi connectivity index (χ4n) is 2.09. The second kappa shape index (κ2) is 6.14. The van der Waals surface area contributed by atoms with Crippen LogP contribution in [0.25, 0.3) is 11.2 Å². The Morgan fingerprint density at radius 1 is 1.17 bits per heavy atom. The molecule has 0 spiro atoms. The van der Waals surface area contributed by atoms with E-state index in [0.29, 0.717) is 21.7 Å². The SMILES string of the molecule is CC(C)n1cnc2c(Cl)nc(NC(=O)c3ccc(Cl)cc3)nc21. The lowest BCUT2D eigenvalue weighted by molar-refractivity contribution is 0.102. The summed E-state index contributed by atoms with van der Waals surface area (Å²) in [5.74, 6) is -0.211. The van der Waals surface area contributed by atoms with Crippen molar-refractivity contribution in [2.45, 2.75) is 19.9 Å². The number of hydrogen-bond donors (Lipinski definition) is 1. The first-order chi connectivity index (χ1) is 11.0. The summed E-state index contributed by atoms with van der Waals surface area (Å²) >= 11 is 11.9. The summed E-state index contributed by atoms with van der Waals surface area (Å²) in [6, 6.07) is 6.68. The summed E-state index contributed by atoms with van der Waals surface area (Å²) in [4.78, 5) is 24.9. The van der Waals surface area contributed by atoms with Gasteiger partial charge in [-0.05, 0) is 38.1 Å². The standard InChI is InChI=1S/C15H13Cl2N5O/c1-8(2)22-7-18-11-12(17)19-15(20-13(11)22)21-14(23)9-3-5-10(16)6-4-9/h3-8H,1-2H3,(H,19,20,21,23). The molecule has 1 amide bonds. The molecule has 1 aromatic carbocycles. The van der Waals surface area contributed by atoms with Crippen LogP contribution in [0, 0.1) is 0 Å². The molecule has 3 aromatic rings. The molecule has 0 bridgehead atoms. The molecule has 118 valence electrons. The predicted octanol–water partition coefficient (Wildman–Crippen LogP) is 3.97. The zero-order valence-corrected chi connectivity index (χ0v) is 13.9. The third-order valence-corrected chi connectivity index (χ3v) is 3.78. The highest BCUT2D eigenvalue weighted by Crippen LogP contribution is 2.23. The number of nitrogens with zero attached hydrogens (tertiary/aromatic N) is 4. The van der Waals surface area contributed by atoms with Crippen LogP contribution in [0.2, 0.25) is 10.2 Å². The number of rotatable bonds is 3. The molecular formula is C15H13Cl2N5O. The fourth-order valence-corrected chi connectivity index (χ4v) is 2.43. The van der Waals surface area contributed by atoms with Crippen molar-refractivity contribution in [3.63, 3.8) is 0 Å². The zero-order valence-electron chi connectivity index (χ0n) is 12.4. The molecule has 0 aliphatic heterocycles. The number of nitrogens with one attached hydrogen (secondary N) is 1. The smallest absolute Gasteiger partial charge is 0.258 e. The van der Waals surface area contributed by atoms with Crippen molar-refractivity contribution in [3.8, 4) is 0 Å². The minimum atomic E-state index is -0.340. The quantitative estimate of drug-likeness (QED) is 0.726. The number of halogens is 2. The van der Waals surface area contributed by atoms with E-state index in [9.17, 15) is 4.79 Å². The van der Waals surface area contributed by atoms with E-state index in [2.05, 4.69) is 20.3 Å². The zero-order chi connectivity index (χ0) is 16.6. The van der Waals surface area contributed by atoms with Crippen molar-refractivity contribution in [1.82, 2.24) is 19.5 Å². The van der Waals surface area contributed by atoms with Gasteiger partial charge in [-0.1, -0.05) is 23.2 Å². The Bertz CT molecular complexity index is 873. The molecule has 0 aliphatic rings. The van der Waals surface area contributed by atoms with E-state index in [0.717, 1.165) is 0 Å². The van der Waals surface area contributed by atoms with Crippen LogP contribution in [0.5, 0.6) is 0 Å². The minimum Gasteiger partial charge on any atom is -0.313 e. The van der Waals surface area contributed by atoms with Gasteiger partial charge < -0.3 is 4.57 Å². The van der Waals surface area contributed by atoms with Gasteiger partial charge in [0.1, 0.15) is 5.52 Å². The number of hydrogen-bond acceptors (Lipinski definition) is 4. The van der Waals surface area contributed by atoms with Crippen molar-refractivity contribution in [2.75, 3.05) is 5.32 Å². The summed E-state index contributed by atoms with van der Waals surface area (Å²) in [7, 11) is 0. The number of amides is 1. The number of carbonyl (C=O) groups excluding carboxylic acids is 1. The van der Waals surface area contributed by atoms with Crippen molar-refractivity contribution in [3.05, 3.63) is 46.3 Å². The fraction of sp³-hybridized carbons (Fsp3) is 0.200. The summed E-state index contributed by atoms with van der Waals surface area (Å²) in [6.07, 6.45) is 1.65. The molecule has 23 heavy (non-hydrogen) atoms. The third kappa shape index (κ3) is 3.13. The molecule has 0 saturated carbocycles. The lowest BCUT2D eigenvalue weighted by atomic mass is 10.2. The Morgan fingerprint density at radius 2 is 1.87 bits per heavy atom. The lowest BCUT2D eigenvalue weighted by Crippen LogP contribution is -2.14. The van der Waals surface area contributed by atoms with E-state index < -0.39 is 0 Å². The average Bonchev–Trinajstić information content (AvgIpc) is 2.92. The van der Waals surface area contributed by atoms with E-state index in [1.54, 1.807) is 30.6 Å². The summed E-state index contributed by atoms with van der Waals surface area (Å²) in [5, 5.41) is 3.39. The maximum Gasteiger partial charge on any atom is 0.258 e. The molecule has 8 heteroatoms. The first kappa shape index (κ1) is 15.7. The van der Waals surface area contributed by atoms with Gasteiger partial charge in [-0.2, -0.15) is 9.97 Å². The van der Waals surface area contributed by atoms with Crippen LogP contribution in [-0.2, 0) is 0 Å². The summed E-state index contributed by atoms with van der Waals surface area (Å²) in [5.41, 5.74) is 1.53. The molecule has 0 aliphatic carbocycles. The summed E-state index contributed by atoms with van der Waals surface area (Å²) < 4.78 is 1.86. The number of carbonyl (C=O) groups is 1. The van der Waals surface area contributed by atoms with E-state index in [4.69, 9.17) is 23.2 Å². The van der Waals surface area contributed by atoms with Gasteiger partial charge in [0.15, 0.2) is 10.8 Å². The molecule has 0 saturated heterocycles. The number of fused-ring (bicyclic) bond motifs is 1. The van der Waals surface area contributed by atoms with E-state index >= 15 is 0 Å². The monoisotopic (exact) mass is 349 g/mol. The van der Waals surface area contributed by atoms with Crippen LogP contribution < -0.4 is 5.32 Å². The second-order valence-electron chi connectivity index (χ2n) is 5.22. The molecular weight excluding hydrogens is 337 g/mol. The highest BCUT2D eigenvalue weighted by Gasteiger charge is 2.15. The average molecular weight is 350 g/mol. The highest BCUT2D eigenvalue weighted by atomic mass is 35.5. The Labute approximate surface area is 142 Å². The second-order valence-corrected chi connectivity index (χ2v) is 6.01. The van der Waals surface area contributed by atoms with Gasteiger partial charge in [-0.15, -0.1) is 0 Å². The van der Waals surface area contributed by atoms with Crippen molar-refractivity contribution < 1.29 is 4.79 Å². The molecule has 6 nitrogen and oxygen atoms in total. The molecule has 0 atom stereocenters. The van der Waals surface area contributed by atoms with Gasteiger partial charge in [0.05, 0.1) is 6.33 Å². The maximum atomic E-state index is 12.2. The Hall–Kier alpha value is -2.18. The molecule has 3 rings (SSSR count). The van der Waals surface area contributed by atoms with Crippen molar-refractivity contribution in [1.29, 1.82) is 0 Å². The predicted molar refractivity (Wildman–Crippen MR) is 90.1 cm³/mol. The van der Waals surface area contributed by atoms with Crippen LogP contribution >= 0.6 is 23.2 Å². The number of benzene rings is 1. The number of anilines is 1. The Morgan fingerprint density at radius 3 is 2.52 bits per heavy atom. The van der Waals surface area contributed by atoms with Gasteiger partial charge in [0.25, 0.3) is 5.91 Å². The maximum absolute atomic E-state index is 12.2. The Balaban J connectivity index is 1.95. The van der Waals surface area contributed by atoms with Gasteiger partial charge in [-0.3, -0.25) is 10.1 Å². The van der Waals surface area contributed by atoms with E-state index in [-0.39, 0.29) is 23.1 Å². The normalized spacial score (nSPS) is 11.2. The van der Waals surface area contributed by atoms with Gasteiger partial charge >= 0.3 is 0 Å². The highest BCUT2D eigenvalue weighted by molar-refractivity contribution is 6.33. The van der Waals surface area contributed by atoms with Crippen LogP contribution in [0.15, 0.2) is 30.6 Å². The van der Waals surface area contributed by atoms with Crippen LogP contribution in [0.4, 0.5) is 5.95 Å². The third-order valence-electron chi connectivity index (χ3n) is 3.27. The summed E-state index contributed by atoms with van der Waals surface area (Å²) in [6.45, 7) is 4.01. The van der Waals surface area contributed by atoms with Crippen molar-refractivity contribution in [2.24, 2.45) is 0 Å². The number of aromatic nitrogens is 4. The van der Waals surface area contributed by atoms with E-state index in [1.165, 1.54) is 0 Å². The van der Waals surface area contributed by atoms with Crippen LogP contribution in [0.3, 0.4) is 0 Å². The molecule has 1 N–H and O–H groups in total. The lowest BCUT2D eigenvalue weighted by Gasteiger charge is -2.09. The molecule has 0 fully saturated rings. The minimum absolute atomic E-state index is 0.129. The largest absolute Gasteiger partial charge is 0.313 e. The van der Waals surface area contributed by atoms with Gasteiger partial charge in [0.2, 0.25) is 5.95 Å².